The van der Waals surface area contributed by atoms with Crippen LogP contribution in [0.4, 0.5) is 13.2 Å². The van der Waals surface area contributed by atoms with Crippen molar-refractivity contribution in [3.63, 3.8) is 0 Å². The molecule has 2 aromatic rings. The second-order valence-electron chi connectivity index (χ2n) is 5.85. The summed E-state index contributed by atoms with van der Waals surface area (Å²) in [6.45, 7) is 0. The molecule has 5 heteroatoms. The highest BCUT2D eigenvalue weighted by atomic mass is 19.2. The highest BCUT2D eigenvalue weighted by Gasteiger charge is 2.37. The number of carbonyl (C=O) groups is 1. The first-order chi connectivity index (χ1) is 11.0. The van der Waals surface area contributed by atoms with E-state index in [1.807, 2.05) is 0 Å². The van der Waals surface area contributed by atoms with Crippen LogP contribution in [0.25, 0.3) is 0 Å². The van der Waals surface area contributed by atoms with Gasteiger partial charge < -0.3 is 5.32 Å². The Labute approximate surface area is 132 Å². The Balaban J connectivity index is 1.92. The molecule has 3 rings (SSSR count). The summed E-state index contributed by atoms with van der Waals surface area (Å²) in [6.07, 6.45) is 3.18. The average molecular weight is 319 g/mol. The summed E-state index contributed by atoms with van der Waals surface area (Å²) < 4.78 is 40.3. The van der Waals surface area contributed by atoms with Crippen molar-refractivity contribution in [2.45, 2.75) is 31.2 Å². The summed E-state index contributed by atoms with van der Waals surface area (Å²) in [5.41, 5.74) is -0.205. The zero-order valence-electron chi connectivity index (χ0n) is 12.4. The van der Waals surface area contributed by atoms with E-state index in [0.29, 0.717) is 12.8 Å². The third kappa shape index (κ3) is 2.96. The highest BCUT2D eigenvalue weighted by molar-refractivity contribution is 5.95. The van der Waals surface area contributed by atoms with Gasteiger partial charge in [0.25, 0.3) is 5.91 Å². The SMILES string of the molecule is O=C(NC1(c2ccc(F)cc2)CCCC1)c1cccc(F)c1F. The summed E-state index contributed by atoms with van der Waals surface area (Å²) in [5.74, 6) is -3.23. The van der Waals surface area contributed by atoms with E-state index in [0.717, 1.165) is 24.5 Å². The molecule has 1 aliphatic rings. The summed E-state index contributed by atoms with van der Waals surface area (Å²) in [6, 6.07) is 9.45. The first-order valence-electron chi connectivity index (χ1n) is 7.54. The van der Waals surface area contributed by atoms with Gasteiger partial charge in [-0.3, -0.25) is 4.79 Å². The van der Waals surface area contributed by atoms with Crippen molar-refractivity contribution in [1.29, 1.82) is 0 Å². The monoisotopic (exact) mass is 319 g/mol. The van der Waals surface area contributed by atoms with Gasteiger partial charge in [-0.15, -0.1) is 0 Å². The van der Waals surface area contributed by atoms with Gasteiger partial charge in [0.1, 0.15) is 5.82 Å². The molecular weight excluding hydrogens is 303 g/mol. The third-order valence-corrected chi connectivity index (χ3v) is 4.40. The van der Waals surface area contributed by atoms with E-state index >= 15 is 0 Å². The minimum atomic E-state index is -1.16. The van der Waals surface area contributed by atoms with E-state index in [-0.39, 0.29) is 11.4 Å². The number of hydrogen-bond acceptors (Lipinski definition) is 1. The second kappa shape index (κ2) is 6.07. The molecule has 1 aliphatic carbocycles. The molecule has 2 nitrogen and oxygen atoms in total. The lowest BCUT2D eigenvalue weighted by atomic mass is 9.87. The smallest absolute Gasteiger partial charge is 0.255 e. The van der Waals surface area contributed by atoms with E-state index in [1.54, 1.807) is 12.1 Å². The molecule has 120 valence electrons. The van der Waals surface area contributed by atoms with Crippen LogP contribution in [0.1, 0.15) is 41.6 Å². The van der Waals surface area contributed by atoms with E-state index in [1.165, 1.54) is 24.3 Å². The van der Waals surface area contributed by atoms with Gasteiger partial charge in [-0.25, -0.2) is 13.2 Å². The van der Waals surface area contributed by atoms with Crippen molar-refractivity contribution in [2.24, 2.45) is 0 Å². The van der Waals surface area contributed by atoms with Crippen LogP contribution < -0.4 is 5.32 Å². The van der Waals surface area contributed by atoms with Crippen molar-refractivity contribution in [1.82, 2.24) is 5.32 Å². The van der Waals surface area contributed by atoms with Gasteiger partial charge in [0.05, 0.1) is 11.1 Å². The van der Waals surface area contributed by atoms with Crippen LogP contribution in [0, 0.1) is 17.5 Å². The molecule has 0 atom stereocenters. The van der Waals surface area contributed by atoms with Gasteiger partial charge in [-0.05, 0) is 42.7 Å². The van der Waals surface area contributed by atoms with E-state index in [9.17, 15) is 18.0 Å². The zero-order valence-corrected chi connectivity index (χ0v) is 12.4. The summed E-state index contributed by atoms with van der Waals surface area (Å²) in [7, 11) is 0. The van der Waals surface area contributed by atoms with Crippen molar-refractivity contribution in [3.8, 4) is 0 Å². The minimum Gasteiger partial charge on any atom is -0.342 e. The number of amides is 1. The van der Waals surface area contributed by atoms with Crippen LogP contribution in [-0.2, 0) is 5.54 Å². The normalized spacial score (nSPS) is 16.3. The number of halogens is 3. The molecule has 0 bridgehead atoms. The minimum absolute atomic E-state index is 0.321. The lowest BCUT2D eigenvalue weighted by Gasteiger charge is -2.31. The van der Waals surface area contributed by atoms with Gasteiger partial charge in [0.2, 0.25) is 0 Å². The average Bonchev–Trinajstić information content (AvgIpc) is 3.00. The van der Waals surface area contributed by atoms with Crippen LogP contribution in [0.5, 0.6) is 0 Å². The van der Waals surface area contributed by atoms with Gasteiger partial charge >= 0.3 is 0 Å². The molecule has 0 radical (unpaired) electrons. The van der Waals surface area contributed by atoms with Gasteiger partial charge in [0, 0.05) is 0 Å². The Bertz CT molecular complexity index is 722. The van der Waals surface area contributed by atoms with Crippen LogP contribution in [-0.4, -0.2) is 5.91 Å². The van der Waals surface area contributed by atoms with E-state index < -0.39 is 23.1 Å². The second-order valence-corrected chi connectivity index (χ2v) is 5.85. The molecule has 1 fully saturated rings. The van der Waals surface area contributed by atoms with Crippen molar-refractivity contribution < 1.29 is 18.0 Å². The lowest BCUT2D eigenvalue weighted by molar-refractivity contribution is 0.0893. The molecular formula is C18H16F3NO. The molecule has 0 aliphatic heterocycles. The number of benzene rings is 2. The molecule has 0 unspecified atom stereocenters. The van der Waals surface area contributed by atoms with Crippen LogP contribution >= 0.6 is 0 Å². The maximum Gasteiger partial charge on any atom is 0.255 e. The van der Waals surface area contributed by atoms with Crippen LogP contribution in [0.2, 0.25) is 0 Å². The molecule has 1 saturated carbocycles. The molecule has 2 aromatic carbocycles. The van der Waals surface area contributed by atoms with E-state index in [4.69, 9.17) is 0 Å². The Kier molecular flexibility index (Phi) is 4.11. The summed E-state index contributed by atoms with van der Waals surface area (Å²) in [5, 5.41) is 2.84. The third-order valence-electron chi connectivity index (χ3n) is 4.40. The Hall–Kier alpha value is -2.30. The first kappa shape index (κ1) is 15.6. The Morgan fingerprint density at radius 3 is 2.26 bits per heavy atom. The summed E-state index contributed by atoms with van der Waals surface area (Å²) in [4.78, 5) is 12.4. The standard InChI is InChI=1S/C18H16F3NO/c19-13-8-6-12(7-9-13)18(10-1-2-11-18)22-17(23)14-4-3-5-15(20)16(14)21/h3-9H,1-2,10-11H2,(H,22,23). The number of rotatable bonds is 3. The predicted molar refractivity (Wildman–Crippen MR) is 80.4 cm³/mol. The molecule has 1 amide bonds. The fourth-order valence-corrected chi connectivity index (χ4v) is 3.20. The largest absolute Gasteiger partial charge is 0.342 e. The summed E-state index contributed by atoms with van der Waals surface area (Å²) >= 11 is 0. The van der Waals surface area contributed by atoms with E-state index in [2.05, 4.69) is 5.32 Å². The molecule has 0 saturated heterocycles. The fraction of sp³-hybridized carbons (Fsp3) is 0.278. The van der Waals surface area contributed by atoms with Crippen LogP contribution in [0.15, 0.2) is 42.5 Å². The Morgan fingerprint density at radius 1 is 0.957 bits per heavy atom. The lowest BCUT2D eigenvalue weighted by Crippen LogP contribution is -2.44. The Morgan fingerprint density at radius 2 is 1.61 bits per heavy atom. The van der Waals surface area contributed by atoms with Gasteiger partial charge in [-0.1, -0.05) is 31.0 Å². The maximum absolute atomic E-state index is 13.8. The van der Waals surface area contributed by atoms with Crippen LogP contribution in [0.3, 0.4) is 0 Å². The topological polar surface area (TPSA) is 29.1 Å². The number of nitrogens with one attached hydrogen (secondary N) is 1. The molecule has 0 spiro atoms. The van der Waals surface area contributed by atoms with Crippen molar-refractivity contribution >= 4 is 5.91 Å². The number of carbonyl (C=O) groups excluding carboxylic acids is 1. The van der Waals surface area contributed by atoms with Gasteiger partial charge in [-0.2, -0.15) is 0 Å². The fourth-order valence-electron chi connectivity index (χ4n) is 3.20. The van der Waals surface area contributed by atoms with Crippen molar-refractivity contribution in [2.75, 3.05) is 0 Å². The zero-order chi connectivity index (χ0) is 16.4. The predicted octanol–water partition coefficient (Wildman–Crippen LogP) is 4.30. The molecule has 23 heavy (non-hydrogen) atoms. The van der Waals surface area contributed by atoms with Gasteiger partial charge in [0.15, 0.2) is 11.6 Å². The molecule has 0 heterocycles. The highest BCUT2D eigenvalue weighted by Crippen LogP contribution is 2.39. The maximum atomic E-state index is 13.8. The first-order valence-corrected chi connectivity index (χ1v) is 7.54. The molecule has 0 aromatic heterocycles. The molecule has 1 N–H and O–H groups in total. The van der Waals surface area contributed by atoms with Crippen molar-refractivity contribution in [3.05, 3.63) is 71.0 Å². The number of hydrogen-bond donors (Lipinski definition) is 1. The quantitative estimate of drug-likeness (QED) is 0.898.